The summed E-state index contributed by atoms with van der Waals surface area (Å²) in [5.41, 5.74) is -0.292. The quantitative estimate of drug-likeness (QED) is 0.0807. The van der Waals surface area contributed by atoms with E-state index in [2.05, 4.69) is 13.8 Å². The van der Waals surface area contributed by atoms with Gasteiger partial charge in [-0.05, 0) is 94.6 Å². The van der Waals surface area contributed by atoms with E-state index in [1.165, 1.54) is 0 Å². The zero-order chi connectivity index (χ0) is 36.7. The van der Waals surface area contributed by atoms with Crippen molar-refractivity contribution in [2.75, 3.05) is 0 Å². The first-order valence-corrected chi connectivity index (χ1v) is 18.9. The molecule has 0 aromatic heterocycles. The van der Waals surface area contributed by atoms with E-state index in [4.69, 9.17) is 14.2 Å². The second-order valence-corrected chi connectivity index (χ2v) is 15.1. The van der Waals surface area contributed by atoms with E-state index in [1.807, 2.05) is 34.6 Å². The summed E-state index contributed by atoms with van der Waals surface area (Å²) in [6, 6.07) is 3.50. The molecule has 1 aromatic rings. The molecule has 2 aliphatic heterocycles. The van der Waals surface area contributed by atoms with Crippen LogP contribution in [0.5, 0.6) is 5.75 Å². The van der Waals surface area contributed by atoms with Crippen molar-refractivity contribution < 1.29 is 43.9 Å². The molecular formula is C40H64O9. The van der Waals surface area contributed by atoms with Gasteiger partial charge in [0.05, 0.1) is 35.6 Å². The largest absolute Gasteiger partial charge is 0.478 e. The summed E-state index contributed by atoms with van der Waals surface area (Å²) >= 11 is 0. The number of carboxylic acid groups (broad SMARTS) is 1. The van der Waals surface area contributed by atoms with Crippen LogP contribution in [-0.2, 0) is 25.5 Å². The van der Waals surface area contributed by atoms with Crippen LogP contribution >= 0.6 is 0 Å². The summed E-state index contributed by atoms with van der Waals surface area (Å²) in [5, 5.41) is 32.5. The molecule has 2 saturated heterocycles. The first kappa shape index (κ1) is 41.1. The Bertz CT molecular complexity index is 1280. The predicted octanol–water partition coefficient (Wildman–Crippen LogP) is 7.62. The molecule has 0 radical (unpaired) electrons. The van der Waals surface area contributed by atoms with Crippen LogP contribution in [0.15, 0.2) is 12.1 Å². The predicted molar refractivity (Wildman–Crippen MR) is 190 cm³/mol. The topological polar surface area (TPSA) is 140 Å². The van der Waals surface area contributed by atoms with E-state index in [0.29, 0.717) is 56.1 Å². The maximum Gasteiger partial charge on any atom is 0.339 e. The Kier molecular flexibility index (Phi) is 14.9. The summed E-state index contributed by atoms with van der Waals surface area (Å²) in [6.45, 7) is 17.6. The zero-order valence-corrected chi connectivity index (χ0v) is 31.5. The van der Waals surface area contributed by atoms with E-state index in [9.17, 15) is 29.7 Å². The number of ketones is 1. The van der Waals surface area contributed by atoms with Crippen molar-refractivity contribution in [1.29, 1.82) is 0 Å². The molecule has 2 fully saturated rings. The standard InChI is InChI=1S/C40H64O9/c1-10-14-15-16-32(41)48-37-25(6)18-20-29(33(37)38(44)45)19-17-24(5)34(42)27(8)35(43)30(11-2)36-26(7)23-40(13-4,49-36)31-21-22-39(46,12-3)28(9)47-31/h18,20,24,26-28,30-31,34,36,42,46H,10-17,19,21-23H2,1-9H3,(H,44,45)/t24-,26+,27+,28+,30+,31-,34+,36+,39-,40+/m1/s1. The first-order chi connectivity index (χ1) is 23.1. The van der Waals surface area contributed by atoms with Crippen molar-refractivity contribution in [2.24, 2.45) is 23.7 Å². The highest BCUT2D eigenvalue weighted by atomic mass is 16.6. The van der Waals surface area contributed by atoms with Crippen LogP contribution in [0.25, 0.3) is 0 Å². The Morgan fingerprint density at radius 2 is 1.76 bits per heavy atom. The van der Waals surface area contributed by atoms with Crippen LogP contribution in [0.2, 0.25) is 0 Å². The number of hydrogen-bond acceptors (Lipinski definition) is 8. The Hall–Kier alpha value is -2.33. The number of ether oxygens (including phenoxy) is 3. The average Bonchev–Trinajstić information content (AvgIpc) is 3.42. The van der Waals surface area contributed by atoms with Gasteiger partial charge in [0, 0.05) is 18.3 Å². The highest BCUT2D eigenvalue weighted by Gasteiger charge is 2.55. The molecule has 0 unspecified atom stereocenters. The lowest BCUT2D eigenvalue weighted by Gasteiger charge is -2.47. The van der Waals surface area contributed by atoms with E-state index in [-0.39, 0.29) is 59.6 Å². The van der Waals surface area contributed by atoms with Crippen molar-refractivity contribution in [3.05, 3.63) is 28.8 Å². The number of carboxylic acids is 1. The molecule has 9 nitrogen and oxygen atoms in total. The molecule has 0 saturated carbocycles. The van der Waals surface area contributed by atoms with Gasteiger partial charge in [0.25, 0.3) is 0 Å². The van der Waals surface area contributed by atoms with Gasteiger partial charge >= 0.3 is 11.9 Å². The zero-order valence-electron chi connectivity index (χ0n) is 31.5. The van der Waals surface area contributed by atoms with Crippen molar-refractivity contribution in [2.45, 2.75) is 175 Å². The lowest BCUT2D eigenvalue weighted by molar-refractivity contribution is -0.229. The summed E-state index contributed by atoms with van der Waals surface area (Å²) in [4.78, 5) is 38.9. The molecule has 0 aliphatic carbocycles. The highest BCUT2D eigenvalue weighted by Crippen LogP contribution is 2.48. The Balaban J connectivity index is 1.70. The Labute approximate surface area is 294 Å². The van der Waals surface area contributed by atoms with Gasteiger partial charge in [-0.1, -0.05) is 73.4 Å². The monoisotopic (exact) mass is 688 g/mol. The van der Waals surface area contributed by atoms with Crippen molar-refractivity contribution in [3.63, 3.8) is 0 Å². The molecule has 10 atom stereocenters. The van der Waals surface area contributed by atoms with E-state index < -0.39 is 35.2 Å². The molecule has 1 aromatic carbocycles. The molecule has 0 spiro atoms. The number of benzene rings is 1. The van der Waals surface area contributed by atoms with Gasteiger partial charge in [0.2, 0.25) is 0 Å². The van der Waals surface area contributed by atoms with Crippen molar-refractivity contribution >= 4 is 17.7 Å². The first-order valence-electron chi connectivity index (χ1n) is 18.9. The van der Waals surface area contributed by atoms with Crippen LogP contribution in [0, 0.1) is 30.6 Å². The molecular weight excluding hydrogens is 624 g/mol. The van der Waals surface area contributed by atoms with Crippen LogP contribution < -0.4 is 4.74 Å². The number of esters is 1. The normalized spacial score (nSPS) is 29.6. The van der Waals surface area contributed by atoms with Gasteiger partial charge in [0.15, 0.2) is 0 Å². The third-order valence-electron chi connectivity index (χ3n) is 11.8. The number of hydrogen-bond donors (Lipinski definition) is 3. The lowest BCUT2D eigenvalue weighted by atomic mass is 9.76. The van der Waals surface area contributed by atoms with Crippen LogP contribution in [0.3, 0.4) is 0 Å². The smallest absolute Gasteiger partial charge is 0.339 e. The molecule has 9 heteroatoms. The minimum Gasteiger partial charge on any atom is -0.478 e. The maximum absolute atomic E-state index is 14.1. The molecule has 0 amide bonds. The number of carbonyl (C=O) groups is 3. The number of rotatable bonds is 18. The van der Waals surface area contributed by atoms with Gasteiger partial charge in [-0.15, -0.1) is 0 Å². The fraction of sp³-hybridized carbons (Fsp3) is 0.775. The Morgan fingerprint density at radius 3 is 2.33 bits per heavy atom. The summed E-state index contributed by atoms with van der Waals surface area (Å²) in [5.74, 6) is -2.77. The molecule has 278 valence electrons. The SMILES string of the molecule is CCCCCC(=O)Oc1c(C)ccc(CC[C@@H](C)[C@H](O)[C@H](C)C(=O)[C@H](CC)[C@H]2O[C@](CC)([C@H]3CC[C@](O)(CC)[C@H](C)O3)C[C@@H]2C)c1C(=O)O. The summed E-state index contributed by atoms with van der Waals surface area (Å²) < 4.78 is 18.9. The number of aliphatic hydroxyl groups excluding tert-OH is 1. The van der Waals surface area contributed by atoms with Gasteiger partial charge in [0.1, 0.15) is 17.1 Å². The van der Waals surface area contributed by atoms with Crippen LogP contribution in [0.4, 0.5) is 0 Å². The van der Waals surface area contributed by atoms with Crippen molar-refractivity contribution in [3.8, 4) is 5.75 Å². The van der Waals surface area contributed by atoms with Crippen LogP contribution in [0.1, 0.15) is 148 Å². The number of unbranched alkanes of at least 4 members (excludes halogenated alkanes) is 2. The third kappa shape index (κ3) is 9.32. The minimum atomic E-state index is -1.17. The van der Waals surface area contributed by atoms with E-state index in [1.54, 1.807) is 26.0 Å². The number of aromatic carboxylic acids is 1. The van der Waals surface area contributed by atoms with Gasteiger partial charge in [-0.25, -0.2) is 4.79 Å². The number of aryl methyl sites for hydroxylation is 2. The molecule has 0 bridgehead atoms. The second-order valence-electron chi connectivity index (χ2n) is 15.1. The van der Waals surface area contributed by atoms with Crippen molar-refractivity contribution in [1.82, 2.24) is 0 Å². The molecule has 3 rings (SSSR count). The van der Waals surface area contributed by atoms with Gasteiger partial charge in [-0.3, -0.25) is 9.59 Å². The lowest BCUT2D eigenvalue weighted by Crippen LogP contribution is -2.55. The second kappa shape index (κ2) is 17.7. The average molecular weight is 689 g/mol. The molecule has 2 aliphatic rings. The number of carbonyl (C=O) groups excluding carboxylic acids is 2. The Morgan fingerprint density at radius 1 is 1.06 bits per heavy atom. The van der Waals surface area contributed by atoms with E-state index >= 15 is 0 Å². The third-order valence-corrected chi connectivity index (χ3v) is 11.8. The summed E-state index contributed by atoms with van der Waals surface area (Å²) in [7, 11) is 0. The molecule has 3 N–H and O–H groups in total. The summed E-state index contributed by atoms with van der Waals surface area (Å²) in [6.07, 6.45) is 5.93. The fourth-order valence-corrected chi connectivity index (χ4v) is 8.25. The highest BCUT2D eigenvalue weighted by molar-refractivity contribution is 5.94. The molecule has 2 heterocycles. The van der Waals surface area contributed by atoms with Gasteiger partial charge in [-0.2, -0.15) is 0 Å². The van der Waals surface area contributed by atoms with Gasteiger partial charge < -0.3 is 29.5 Å². The fourth-order valence-electron chi connectivity index (χ4n) is 8.25. The van der Waals surface area contributed by atoms with E-state index in [0.717, 1.165) is 25.7 Å². The maximum atomic E-state index is 14.1. The number of Topliss-reactive ketones (excluding diaryl/α,β-unsaturated/α-hetero) is 1. The minimum absolute atomic E-state index is 0.0248. The number of aliphatic hydroxyl groups is 2. The molecule has 49 heavy (non-hydrogen) atoms. The van der Waals surface area contributed by atoms with Crippen LogP contribution in [-0.4, -0.2) is 68.7 Å².